The van der Waals surface area contributed by atoms with E-state index in [-0.39, 0.29) is 0 Å². The Morgan fingerprint density at radius 1 is 1.39 bits per heavy atom. The molecule has 0 aromatic carbocycles. The summed E-state index contributed by atoms with van der Waals surface area (Å²) in [6.07, 6.45) is 9.11. The number of nitrogens with zero attached hydrogens (tertiary/aromatic N) is 2. The molecule has 1 aromatic rings. The van der Waals surface area contributed by atoms with Crippen LogP contribution in [0.5, 0.6) is 0 Å². The Morgan fingerprint density at radius 2 is 2.22 bits per heavy atom. The lowest BCUT2D eigenvalue weighted by atomic mass is 10.2. The molecule has 0 unspecified atom stereocenters. The predicted octanol–water partition coefficient (Wildman–Crippen LogP) is 2.49. The summed E-state index contributed by atoms with van der Waals surface area (Å²) in [5, 5.41) is 3.58. The zero-order valence-electron chi connectivity index (χ0n) is 10.8. The van der Waals surface area contributed by atoms with Gasteiger partial charge in [-0.05, 0) is 31.7 Å². The highest BCUT2D eigenvalue weighted by molar-refractivity contribution is 5.49. The van der Waals surface area contributed by atoms with Crippen molar-refractivity contribution in [3.8, 4) is 0 Å². The van der Waals surface area contributed by atoms with Crippen molar-refractivity contribution in [2.45, 2.75) is 44.3 Å². The Hall–Kier alpha value is -1.35. The molecule has 2 aliphatic rings. The molecule has 3 heteroatoms. The fourth-order valence-electron chi connectivity index (χ4n) is 2.30. The summed E-state index contributed by atoms with van der Waals surface area (Å²) in [5.74, 6) is 1.15. The number of rotatable bonds is 7. The molecule has 2 saturated carbocycles. The van der Waals surface area contributed by atoms with Crippen LogP contribution in [0.3, 0.4) is 0 Å². The molecule has 3 rings (SSSR count). The number of aromatic nitrogens is 1. The van der Waals surface area contributed by atoms with Gasteiger partial charge in [0.15, 0.2) is 0 Å². The first-order chi connectivity index (χ1) is 8.88. The van der Waals surface area contributed by atoms with Crippen LogP contribution < -0.4 is 10.2 Å². The molecule has 0 amide bonds. The zero-order valence-corrected chi connectivity index (χ0v) is 10.8. The molecule has 0 saturated heterocycles. The number of nitrogens with one attached hydrogen (secondary N) is 1. The quantitative estimate of drug-likeness (QED) is 0.746. The van der Waals surface area contributed by atoms with Gasteiger partial charge < -0.3 is 10.2 Å². The maximum absolute atomic E-state index is 4.60. The second kappa shape index (κ2) is 5.11. The van der Waals surface area contributed by atoms with Gasteiger partial charge in [0, 0.05) is 36.9 Å². The van der Waals surface area contributed by atoms with Crippen LogP contribution in [-0.2, 0) is 6.54 Å². The molecule has 0 bridgehead atoms. The van der Waals surface area contributed by atoms with Crippen molar-refractivity contribution in [2.24, 2.45) is 0 Å². The van der Waals surface area contributed by atoms with E-state index in [9.17, 15) is 0 Å². The van der Waals surface area contributed by atoms with Crippen molar-refractivity contribution in [3.63, 3.8) is 0 Å². The summed E-state index contributed by atoms with van der Waals surface area (Å²) in [6.45, 7) is 5.70. The van der Waals surface area contributed by atoms with Gasteiger partial charge in [-0.2, -0.15) is 0 Å². The van der Waals surface area contributed by atoms with Gasteiger partial charge in [0.05, 0.1) is 0 Å². The normalized spacial score (nSPS) is 18.7. The average Bonchev–Trinajstić information content (AvgIpc) is 3.28. The highest BCUT2D eigenvalue weighted by atomic mass is 15.2. The van der Waals surface area contributed by atoms with Crippen LogP contribution in [0.4, 0.5) is 5.82 Å². The van der Waals surface area contributed by atoms with E-state index in [4.69, 9.17) is 0 Å². The largest absolute Gasteiger partial charge is 0.350 e. The SMILES string of the molecule is C=CCN(c1ncccc1CNC1CC1)C1CC1. The van der Waals surface area contributed by atoms with E-state index in [1.165, 1.54) is 31.2 Å². The van der Waals surface area contributed by atoms with Crippen LogP contribution >= 0.6 is 0 Å². The van der Waals surface area contributed by atoms with Gasteiger partial charge in [0.1, 0.15) is 5.82 Å². The van der Waals surface area contributed by atoms with Gasteiger partial charge in [-0.3, -0.25) is 0 Å². The van der Waals surface area contributed by atoms with Crippen LogP contribution in [0.25, 0.3) is 0 Å². The number of pyridine rings is 1. The van der Waals surface area contributed by atoms with Gasteiger partial charge in [0.2, 0.25) is 0 Å². The molecule has 0 radical (unpaired) electrons. The smallest absolute Gasteiger partial charge is 0.133 e. The topological polar surface area (TPSA) is 28.2 Å². The first-order valence-electron chi connectivity index (χ1n) is 6.93. The third-order valence-electron chi connectivity index (χ3n) is 3.61. The lowest BCUT2D eigenvalue weighted by molar-refractivity contribution is 0.681. The molecule has 0 spiro atoms. The van der Waals surface area contributed by atoms with E-state index in [1.807, 2.05) is 18.3 Å². The molecule has 3 nitrogen and oxygen atoms in total. The Morgan fingerprint density at radius 3 is 2.89 bits per heavy atom. The lowest BCUT2D eigenvalue weighted by Crippen LogP contribution is -2.29. The number of hydrogen-bond acceptors (Lipinski definition) is 3. The third kappa shape index (κ3) is 2.72. The maximum Gasteiger partial charge on any atom is 0.133 e. The first kappa shape index (κ1) is 11.7. The Balaban J connectivity index is 1.76. The molecule has 1 N–H and O–H groups in total. The van der Waals surface area contributed by atoms with Crippen molar-refractivity contribution in [1.82, 2.24) is 10.3 Å². The standard InChI is InChI=1S/C15H21N3/c1-2-10-18(14-7-8-14)15-12(4-3-9-16-15)11-17-13-5-6-13/h2-4,9,13-14,17H,1,5-8,10-11H2. The zero-order chi connectivity index (χ0) is 12.4. The summed E-state index contributed by atoms with van der Waals surface area (Å²) in [7, 11) is 0. The molecule has 0 atom stereocenters. The van der Waals surface area contributed by atoms with Crippen molar-refractivity contribution in [2.75, 3.05) is 11.4 Å². The Kier molecular flexibility index (Phi) is 3.33. The fourth-order valence-corrected chi connectivity index (χ4v) is 2.30. The Labute approximate surface area is 109 Å². The van der Waals surface area contributed by atoms with E-state index in [1.54, 1.807) is 0 Å². The molecule has 96 valence electrons. The van der Waals surface area contributed by atoms with Crippen molar-refractivity contribution in [3.05, 3.63) is 36.5 Å². The molecular weight excluding hydrogens is 222 g/mol. The van der Waals surface area contributed by atoms with Crippen LogP contribution in [0.15, 0.2) is 31.0 Å². The van der Waals surface area contributed by atoms with Crippen LogP contribution in [-0.4, -0.2) is 23.6 Å². The third-order valence-corrected chi connectivity index (χ3v) is 3.61. The van der Waals surface area contributed by atoms with Gasteiger partial charge in [-0.1, -0.05) is 12.1 Å². The molecule has 1 aromatic heterocycles. The van der Waals surface area contributed by atoms with Crippen LogP contribution in [0, 0.1) is 0 Å². The first-order valence-corrected chi connectivity index (χ1v) is 6.93. The monoisotopic (exact) mass is 243 g/mol. The average molecular weight is 243 g/mol. The minimum atomic E-state index is 0.678. The number of hydrogen-bond donors (Lipinski definition) is 1. The fraction of sp³-hybridized carbons (Fsp3) is 0.533. The Bertz CT molecular complexity index is 422. The molecular formula is C15H21N3. The molecule has 0 aliphatic heterocycles. The van der Waals surface area contributed by atoms with E-state index in [0.717, 1.165) is 24.9 Å². The lowest BCUT2D eigenvalue weighted by Gasteiger charge is -2.24. The van der Waals surface area contributed by atoms with E-state index < -0.39 is 0 Å². The van der Waals surface area contributed by atoms with Crippen molar-refractivity contribution < 1.29 is 0 Å². The van der Waals surface area contributed by atoms with E-state index >= 15 is 0 Å². The molecule has 2 fully saturated rings. The molecule has 1 heterocycles. The van der Waals surface area contributed by atoms with Gasteiger partial charge in [0.25, 0.3) is 0 Å². The highest BCUT2D eigenvalue weighted by Gasteiger charge is 2.30. The predicted molar refractivity (Wildman–Crippen MR) is 74.7 cm³/mol. The van der Waals surface area contributed by atoms with E-state index in [2.05, 4.69) is 27.8 Å². The molecule has 18 heavy (non-hydrogen) atoms. The highest BCUT2D eigenvalue weighted by Crippen LogP contribution is 2.32. The van der Waals surface area contributed by atoms with Crippen molar-refractivity contribution >= 4 is 5.82 Å². The summed E-state index contributed by atoms with van der Waals surface area (Å²) >= 11 is 0. The van der Waals surface area contributed by atoms with Gasteiger partial charge in [-0.15, -0.1) is 6.58 Å². The maximum atomic E-state index is 4.60. The van der Waals surface area contributed by atoms with Crippen LogP contribution in [0.2, 0.25) is 0 Å². The number of anilines is 1. The van der Waals surface area contributed by atoms with Crippen molar-refractivity contribution in [1.29, 1.82) is 0 Å². The second-order valence-electron chi connectivity index (χ2n) is 5.31. The summed E-state index contributed by atoms with van der Waals surface area (Å²) in [5.41, 5.74) is 1.32. The van der Waals surface area contributed by atoms with Crippen LogP contribution in [0.1, 0.15) is 31.2 Å². The molecule has 2 aliphatic carbocycles. The van der Waals surface area contributed by atoms with E-state index in [0.29, 0.717) is 6.04 Å². The summed E-state index contributed by atoms with van der Waals surface area (Å²) < 4.78 is 0. The summed E-state index contributed by atoms with van der Waals surface area (Å²) in [6, 6.07) is 5.65. The minimum Gasteiger partial charge on any atom is -0.350 e. The summed E-state index contributed by atoms with van der Waals surface area (Å²) in [4.78, 5) is 7.00. The second-order valence-corrected chi connectivity index (χ2v) is 5.31. The van der Waals surface area contributed by atoms with Gasteiger partial charge in [-0.25, -0.2) is 4.98 Å². The van der Waals surface area contributed by atoms with Gasteiger partial charge >= 0.3 is 0 Å². The minimum absolute atomic E-state index is 0.678.